The number of hydrazone groups is 1. The van der Waals surface area contributed by atoms with Crippen LogP contribution in [-0.2, 0) is 0 Å². The molecular formula is C26H23N3O2. The summed E-state index contributed by atoms with van der Waals surface area (Å²) in [5, 5.41) is 8.16. The number of methoxy groups -OCH3 is 2. The third-order valence-corrected chi connectivity index (χ3v) is 5.65. The summed E-state index contributed by atoms with van der Waals surface area (Å²) < 4.78 is 10.6. The molecule has 1 aliphatic heterocycles. The summed E-state index contributed by atoms with van der Waals surface area (Å²) in [6, 6.07) is 28.6. The Kier molecular flexibility index (Phi) is 5.00. The summed E-state index contributed by atoms with van der Waals surface area (Å²) in [6.07, 6.45) is 0.785. The van der Waals surface area contributed by atoms with Crippen molar-refractivity contribution < 1.29 is 9.47 Å². The van der Waals surface area contributed by atoms with Crippen molar-refractivity contribution in [2.24, 2.45) is 5.10 Å². The molecule has 0 spiro atoms. The first-order valence-electron chi connectivity index (χ1n) is 10.3. The molecule has 1 aromatic heterocycles. The average Bonchev–Trinajstić information content (AvgIpc) is 3.29. The van der Waals surface area contributed by atoms with Crippen molar-refractivity contribution in [3.63, 3.8) is 0 Å². The van der Waals surface area contributed by atoms with E-state index in [1.54, 1.807) is 14.2 Å². The van der Waals surface area contributed by atoms with Crippen LogP contribution in [0.25, 0.3) is 10.9 Å². The van der Waals surface area contributed by atoms with Crippen LogP contribution in [-0.4, -0.2) is 24.9 Å². The molecule has 31 heavy (non-hydrogen) atoms. The molecule has 2 heterocycles. The number of hydrogen-bond acceptors (Lipinski definition) is 5. The fourth-order valence-electron chi connectivity index (χ4n) is 3.95. The van der Waals surface area contributed by atoms with E-state index < -0.39 is 0 Å². The van der Waals surface area contributed by atoms with Crippen LogP contribution in [0.2, 0.25) is 0 Å². The van der Waals surface area contributed by atoms with Gasteiger partial charge in [0.2, 0.25) is 0 Å². The molecule has 0 saturated heterocycles. The number of benzene rings is 3. The predicted molar refractivity (Wildman–Crippen MR) is 124 cm³/mol. The maximum atomic E-state index is 5.34. The van der Waals surface area contributed by atoms with Crippen molar-refractivity contribution in [2.45, 2.75) is 12.5 Å². The highest BCUT2D eigenvalue weighted by Gasteiger charge is 2.31. The summed E-state index contributed by atoms with van der Waals surface area (Å²) in [5.41, 5.74) is 4.24. The number of hydrogen-bond donors (Lipinski definition) is 0. The summed E-state index contributed by atoms with van der Waals surface area (Å²) in [5.74, 6) is 2.51. The SMILES string of the molecule is COc1ccc(C2=NN(c3ccc4ccccc4n3)C(c3ccc(OC)cc3)C2)cc1. The van der Waals surface area contributed by atoms with E-state index in [9.17, 15) is 0 Å². The molecule has 154 valence electrons. The minimum Gasteiger partial charge on any atom is -0.497 e. The highest BCUT2D eigenvalue weighted by Crippen LogP contribution is 2.37. The molecule has 5 heteroatoms. The normalized spacial score (nSPS) is 15.7. The number of fused-ring (bicyclic) bond motifs is 1. The van der Waals surface area contributed by atoms with Crippen LogP contribution in [0.3, 0.4) is 0 Å². The van der Waals surface area contributed by atoms with Crippen molar-refractivity contribution in [3.05, 3.63) is 96.1 Å². The third-order valence-electron chi connectivity index (χ3n) is 5.65. The maximum Gasteiger partial charge on any atom is 0.150 e. The van der Waals surface area contributed by atoms with Gasteiger partial charge in [0.25, 0.3) is 0 Å². The Bertz CT molecular complexity index is 1230. The molecule has 0 saturated carbocycles. The van der Waals surface area contributed by atoms with Gasteiger partial charge in [0, 0.05) is 11.8 Å². The topological polar surface area (TPSA) is 47.0 Å². The van der Waals surface area contributed by atoms with Gasteiger partial charge in [-0.3, -0.25) is 0 Å². The van der Waals surface area contributed by atoms with Crippen molar-refractivity contribution in [3.8, 4) is 11.5 Å². The van der Waals surface area contributed by atoms with Crippen molar-refractivity contribution >= 4 is 22.4 Å². The number of para-hydroxylation sites is 1. The fourth-order valence-corrected chi connectivity index (χ4v) is 3.95. The first-order valence-corrected chi connectivity index (χ1v) is 10.3. The molecule has 5 rings (SSSR count). The Balaban J connectivity index is 1.56. The molecule has 4 aromatic rings. The number of rotatable bonds is 5. The van der Waals surface area contributed by atoms with E-state index in [1.165, 1.54) is 5.56 Å². The molecule has 1 aliphatic rings. The predicted octanol–water partition coefficient (Wildman–Crippen LogP) is 5.61. The smallest absolute Gasteiger partial charge is 0.150 e. The number of aromatic nitrogens is 1. The molecule has 3 aromatic carbocycles. The molecule has 0 N–H and O–H groups in total. The fraction of sp³-hybridized carbons (Fsp3) is 0.154. The minimum absolute atomic E-state index is 0.0525. The Morgan fingerprint density at radius 1 is 0.774 bits per heavy atom. The van der Waals surface area contributed by atoms with E-state index in [1.807, 2.05) is 53.5 Å². The minimum atomic E-state index is 0.0525. The molecule has 1 atom stereocenters. The lowest BCUT2D eigenvalue weighted by Crippen LogP contribution is -2.19. The number of anilines is 1. The van der Waals surface area contributed by atoms with Gasteiger partial charge in [-0.15, -0.1) is 0 Å². The molecule has 0 amide bonds. The van der Waals surface area contributed by atoms with E-state index >= 15 is 0 Å². The molecule has 1 unspecified atom stereocenters. The van der Waals surface area contributed by atoms with Gasteiger partial charge < -0.3 is 9.47 Å². The standard InChI is InChI=1S/C26H23N3O2/c1-30-21-12-7-19(8-13-21)24-17-25(20-9-14-22(31-2)15-10-20)29(28-24)26-16-11-18-5-3-4-6-23(18)27-26/h3-16,25H,17H2,1-2H3. The molecule has 0 bridgehead atoms. The zero-order chi connectivity index (χ0) is 21.2. The number of nitrogens with zero attached hydrogens (tertiary/aromatic N) is 3. The average molecular weight is 409 g/mol. The van der Waals surface area contributed by atoms with Crippen molar-refractivity contribution in [2.75, 3.05) is 19.2 Å². The summed E-state index contributed by atoms with van der Waals surface area (Å²) in [6.45, 7) is 0. The third kappa shape index (κ3) is 3.70. The lowest BCUT2D eigenvalue weighted by atomic mass is 9.98. The van der Waals surface area contributed by atoms with E-state index in [2.05, 4.69) is 36.4 Å². The summed E-state index contributed by atoms with van der Waals surface area (Å²) in [7, 11) is 3.36. The van der Waals surface area contributed by atoms with E-state index in [0.29, 0.717) is 0 Å². The van der Waals surface area contributed by atoms with Gasteiger partial charge >= 0.3 is 0 Å². The molecule has 0 radical (unpaired) electrons. The van der Waals surface area contributed by atoms with Crippen LogP contribution in [0.15, 0.2) is 90.0 Å². The monoisotopic (exact) mass is 409 g/mol. The summed E-state index contributed by atoms with van der Waals surface area (Å²) in [4.78, 5) is 4.90. The Labute approximate surface area is 181 Å². The lowest BCUT2D eigenvalue weighted by molar-refractivity contribution is 0.414. The van der Waals surface area contributed by atoms with Gasteiger partial charge in [-0.25, -0.2) is 9.99 Å². The van der Waals surface area contributed by atoms with Crippen LogP contribution in [0.1, 0.15) is 23.6 Å². The van der Waals surface area contributed by atoms with Crippen molar-refractivity contribution in [1.29, 1.82) is 0 Å². The van der Waals surface area contributed by atoms with E-state index in [0.717, 1.165) is 45.9 Å². The van der Waals surface area contributed by atoms with Gasteiger partial charge in [-0.2, -0.15) is 5.10 Å². The van der Waals surface area contributed by atoms with Crippen LogP contribution in [0, 0.1) is 0 Å². The van der Waals surface area contributed by atoms with Gasteiger partial charge in [0.15, 0.2) is 0 Å². The zero-order valence-electron chi connectivity index (χ0n) is 17.5. The molecular weight excluding hydrogens is 386 g/mol. The zero-order valence-corrected chi connectivity index (χ0v) is 17.5. The number of pyridine rings is 1. The summed E-state index contributed by atoms with van der Waals surface area (Å²) >= 11 is 0. The molecule has 0 fully saturated rings. The highest BCUT2D eigenvalue weighted by atomic mass is 16.5. The maximum absolute atomic E-state index is 5.34. The van der Waals surface area contributed by atoms with Crippen LogP contribution < -0.4 is 14.5 Å². The van der Waals surface area contributed by atoms with E-state index in [-0.39, 0.29) is 6.04 Å². The Morgan fingerprint density at radius 2 is 1.45 bits per heavy atom. The first kappa shape index (κ1) is 19.1. The second kappa shape index (κ2) is 8.11. The number of ether oxygens (including phenoxy) is 2. The Hall–Kier alpha value is -3.86. The van der Waals surface area contributed by atoms with Gasteiger partial charge in [-0.05, 0) is 65.7 Å². The van der Waals surface area contributed by atoms with Crippen LogP contribution in [0.4, 0.5) is 5.82 Å². The first-order chi connectivity index (χ1) is 15.2. The molecule has 5 nitrogen and oxygen atoms in total. The van der Waals surface area contributed by atoms with Gasteiger partial charge in [0.05, 0.1) is 31.5 Å². The van der Waals surface area contributed by atoms with Gasteiger partial charge in [-0.1, -0.05) is 30.3 Å². The lowest BCUT2D eigenvalue weighted by Gasteiger charge is -2.23. The highest BCUT2D eigenvalue weighted by molar-refractivity contribution is 6.03. The van der Waals surface area contributed by atoms with Crippen molar-refractivity contribution in [1.82, 2.24) is 4.98 Å². The quantitative estimate of drug-likeness (QED) is 0.430. The van der Waals surface area contributed by atoms with Crippen LogP contribution >= 0.6 is 0 Å². The second-order valence-electron chi connectivity index (χ2n) is 7.47. The van der Waals surface area contributed by atoms with Gasteiger partial charge in [0.1, 0.15) is 17.3 Å². The van der Waals surface area contributed by atoms with E-state index in [4.69, 9.17) is 19.6 Å². The van der Waals surface area contributed by atoms with Crippen LogP contribution in [0.5, 0.6) is 11.5 Å². The Morgan fingerprint density at radius 3 is 2.16 bits per heavy atom. The largest absolute Gasteiger partial charge is 0.497 e. The molecule has 0 aliphatic carbocycles. The second-order valence-corrected chi connectivity index (χ2v) is 7.47.